The second kappa shape index (κ2) is 9.07. The van der Waals surface area contributed by atoms with Crippen LogP contribution in [0.5, 0.6) is 0 Å². The van der Waals surface area contributed by atoms with E-state index >= 15 is 0 Å². The zero-order valence-corrected chi connectivity index (χ0v) is 14.7. The summed E-state index contributed by atoms with van der Waals surface area (Å²) in [6, 6.07) is 4.44. The SMILES string of the molecule is CC(Nc1cccc(C(F)(F)F)c1)c1nonc1NCCCN[S+](N)[O-]. The van der Waals surface area contributed by atoms with Crippen molar-refractivity contribution < 1.29 is 22.4 Å². The number of alkyl halides is 3. The minimum atomic E-state index is -4.41. The zero-order chi connectivity index (χ0) is 19.2. The summed E-state index contributed by atoms with van der Waals surface area (Å²) in [5, 5.41) is 18.6. The summed E-state index contributed by atoms with van der Waals surface area (Å²) in [7, 11) is 0. The van der Waals surface area contributed by atoms with E-state index in [9.17, 15) is 17.7 Å². The second-order valence-corrected chi connectivity index (χ2v) is 6.30. The number of anilines is 2. The fraction of sp³-hybridized carbons (Fsp3) is 0.429. The van der Waals surface area contributed by atoms with E-state index in [0.29, 0.717) is 36.7 Å². The first kappa shape index (κ1) is 20.3. The van der Waals surface area contributed by atoms with Gasteiger partial charge in [-0.15, -0.1) is 9.86 Å². The van der Waals surface area contributed by atoms with Gasteiger partial charge in [-0.25, -0.2) is 4.63 Å². The smallest absolute Gasteiger partial charge is 0.416 e. The highest BCUT2D eigenvalue weighted by atomic mass is 32.2. The molecule has 26 heavy (non-hydrogen) atoms. The molecule has 0 aliphatic rings. The lowest BCUT2D eigenvalue weighted by Crippen LogP contribution is -2.32. The van der Waals surface area contributed by atoms with E-state index in [1.807, 2.05) is 0 Å². The van der Waals surface area contributed by atoms with Crippen LogP contribution >= 0.6 is 0 Å². The number of aromatic nitrogens is 2. The Morgan fingerprint density at radius 3 is 2.77 bits per heavy atom. The van der Waals surface area contributed by atoms with Gasteiger partial charge in [0.2, 0.25) is 0 Å². The number of nitrogens with zero attached hydrogens (tertiary/aromatic N) is 2. The largest absolute Gasteiger partial charge is 0.579 e. The van der Waals surface area contributed by atoms with E-state index in [4.69, 9.17) is 9.77 Å². The maximum Gasteiger partial charge on any atom is 0.416 e. The van der Waals surface area contributed by atoms with E-state index in [1.54, 1.807) is 6.92 Å². The highest BCUT2D eigenvalue weighted by molar-refractivity contribution is 7.87. The number of nitrogens with two attached hydrogens (primary N) is 1. The Morgan fingerprint density at radius 1 is 1.31 bits per heavy atom. The quantitative estimate of drug-likeness (QED) is 0.378. The summed E-state index contributed by atoms with van der Waals surface area (Å²) in [6.45, 7) is 2.65. The van der Waals surface area contributed by atoms with Gasteiger partial charge in [0.15, 0.2) is 11.5 Å². The van der Waals surface area contributed by atoms with Gasteiger partial charge in [-0.05, 0) is 36.7 Å². The van der Waals surface area contributed by atoms with Crippen molar-refractivity contribution in [3.63, 3.8) is 0 Å². The van der Waals surface area contributed by atoms with Gasteiger partial charge >= 0.3 is 6.18 Å². The average molecular weight is 392 g/mol. The van der Waals surface area contributed by atoms with Crippen LogP contribution in [0.25, 0.3) is 0 Å². The first-order valence-electron chi connectivity index (χ1n) is 7.67. The molecule has 2 rings (SSSR count). The van der Waals surface area contributed by atoms with E-state index in [0.717, 1.165) is 12.1 Å². The van der Waals surface area contributed by atoms with E-state index in [1.165, 1.54) is 12.1 Å². The van der Waals surface area contributed by atoms with Crippen molar-refractivity contribution in [2.75, 3.05) is 23.7 Å². The Balaban J connectivity index is 1.94. The molecule has 1 heterocycles. The van der Waals surface area contributed by atoms with Crippen LogP contribution < -0.4 is 20.5 Å². The normalized spacial score (nSPS) is 14.1. The summed E-state index contributed by atoms with van der Waals surface area (Å²) < 4.78 is 56.3. The van der Waals surface area contributed by atoms with Crippen LogP contribution in [0.3, 0.4) is 0 Å². The molecule has 1 aromatic carbocycles. The third-order valence-electron chi connectivity index (χ3n) is 3.39. The molecule has 0 aliphatic carbocycles. The highest BCUT2D eigenvalue weighted by Crippen LogP contribution is 2.31. The predicted molar refractivity (Wildman–Crippen MR) is 91.2 cm³/mol. The van der Waals surface area contributed by atoms with Crippen molar-refractivity contribution in [2.24, 2.45) is 5.14 Å². The standard InChI is InChI=1S/C14H19F3N6O2S/c1-9(21-11-5-2-4-10(8-11)14(15,16)17)12-13(23-25-22-12)19-6-3-7-20-26(18)24/h2,4-5,8-9,20-21H,3,6-7,18H2,1H3,(H,19,23). The highest BCUT2D eigenvalue weighted by Gasteiger charge is 2.30. The van der Waals surface area contributed by atoms with Crippen LogP contribution in [0, 0.1) is 0 Å². The molecule has 8 nitrogen and oxygen atoms in total. The number of halogens is 3. The minimum Gasteiger partial charge on any atom is -0.579 e. The number of hydrogen-bond acceptors (Lipinski definition) is 8. The van der Waals surface area contributed by atoms with E-state index in [2.05, 4.69) is 25.7 Å². The molecule has 0 fully saturated rings. The zero-order valence-electron chi connectivity index (χ0n) is 13.8. The van der Waals surface area contributed by atoms with Crippen molar-refractivity contribution in [3.05, 3.63) is 35.5 Å². The van der Waals surface area contributed by atoms with Crippen molar-refractivity contribution in [1.82, 2.24) is 15.0 Å². The monoisotopic (exact) mass is 392 g/mol. The summed E-state index contributed by atoms with van der Waals surface area (Å²) in [4.78, 5) is 0. The van der Waals surface area contributed by atoms with E-state index in [-0.39, 0.29) is 0 Å². The molecular formula is C14H19F3N6O2S. The fourth-order valence-electron chi connectivity index (χ4n) is 2.17. The molecule has 0 saturated carbocycles. The van der Waals surface area contributed by atoms with Crippen molar-refractivity contribution in [3.8, 4) is 0 Å². The number of rotatable bonds is 9. The van der Waals surface area contributed by atoms with Gasteiger partial charge in [0.05, 0.1) is 11.6 Å². The second-order valence-electron chi connectivity index (χ2n) is 5.41. The Morgan fingerprint density at radius 2 is 2.08 bits per heavy atom. The van der Waals surface area contributed by atoms with Crippen molar-refractivity contribution in [2.45, 2.75) is 25.6 Å². The molecule has 1 aromatic heterocycles. The van der Waals surface area contributed by atoms with Crippen LogP contribution in [0.4, 0.5) is 24.7 Å². The van der Waals surface area contributed by atoms with Crippen LogP contribution in [0.15, 0.2) is 28.9 Å². The Bertz CT molecular complexity index is 697. The lowest BCUT2D eigenvalue weighted by Gasteiger charge is -2.15. The molecular weight excluding hydrogens is 373 g/mol. The molecule has 0 radical (unpaired) electrons. The van der Waals surface area contributed by atoms with Crippen LogP contribution in [-0.2, 0) is 17.7 Å². The van der Waals surface area contributed by atoms with Crippen molar-refractivity contribution >= 4 is 23.1 Å². The summed E-state index contributed by atoms with van der Waals surface area (Å²) in [6.07, 6.45) is -3.80. The number of benzene rings is 1. The Labute approximate surface area is 151 Å². The van der Waals surface area contributed by atoms with Gasteiger partial charge in [-0.3, -0.25) is 0 Å². The lowest BCUT2D eigenvalue weighted by atomic mass is 10.1. The van der Waals surface area contributed by atoms with E-state index < -0.39 is 29.3 Å². The lowest BCUT2D eigenvalue weighted by molar-refractivity contribution is -0.137. The van der Waals surface area contributed by atoms with Gasteiger partial charge < -0.3 is 15.2 Å². The molecule has 0 amide bonds. The number of hydrogen-bond donors (Lipinski definition) is 4. The maximum atomic E-state index is 12.8. The molecule has 144 valence electrons. The third kappa shape index (κ3) is 6.05. The van der Waals surface area contributed by atoms with Gasteiger partial charge in [-0.2, -0.15) is 13.2 Å². The first-order chi connectivity index (χ1) is 12.3. The Kier molecular flexibility index (Phi) is 7.08. The summed E-state index contributed by atoms with van der Waals surface area (Å²) in [5.41, 5.74) is -0.00945. The van der Waals surface area contributed by atoms with Gasteiger partial charge in [0.25, 0.3) is 0 Å². The third-order valence-corrected chi connectivity index (χ3v) is 3.88. The van der Waals surface area contributed by atoms with Gasteiger partial charge in [-0.1, -0.05) is 11.2 Å². The molecule has 2 atom stereocenters. The molecule has 5 N–H and O–H groups in total. The first-order valence-corrected chi connectivity index (χ1v) is 8.88. The molecule has 12 heteroatoms. The van der Waals surface area contributed by atoms with Crippen molar-refractivity contribution in [1.29, 1.82) is 0 Å². The molecule has 0 spiro atoms. The molecule has 0 bridgehead atoms. The summed E-state index contributed by atoms with van der Waals surface area (Å²) >= 11 is -1.56. The molecule has 2 aromatic rings. The average Bonchev–Trinajstić information content (AvgIpc) is 3.02. The predicted octanol–water partition coefficient (Wildman–Crippen LogP) is 2.19. The maximum absolute atomic E-state index is 12.8. The topological polar surface area (TPSA) is 124 Å². The molecule has 0 saturated heterocycles. The number of nitrogens with one attached hydrogen (secondary N) is 3. The molecule has 2 unspecified atom stereocenters. The summed E-state index contributed by atoms with van der Waals surface area (Å²) in [5.74, 6) is 0.380. The van der Waals surface area contributed by atoms with Crippen LogP contribution in [0.2, 0.25) is 0 Å². The van der Waals surface area contributed by atoms with Crippen LogP contribution in [-0.4, -0.2) is 28.0 Å². The molecule has 0 aliphatic heterocycles. The van der Waals surface area contributed by atoms with Gasteiger partial charge in [0.1, 0.15) is 11.5 Å². The van der Waals surface area contributed by atoms with Crippen LogP contribution in [0.1, 0.15) is 30.6 Å². The fourth-order valence-corrected chi connectivity index (χ4v) is 2.52. The minimum absolute atomic E-state index is 0.302. The van der Waals surface area contributed by atoms with Gasteiger partial charge in [0, 0.05) is 18.8 Å². The Hall–Kier alpha value is -2.02.